The van der Waals surface area contributed by atoms with Gasteiger partial charge in [0.15, 0.2) is 11.5 Å². The van der Waals surface area contributed by atoms with E-state index in [9.17, 15) is 0 Å². The highest BCUT2D eigenvalue weighted by molar-refractivity contribution is 6.27. The summed E-state index contributed by atoms with van der Waals surface area (Å²) in [4.78, 5) is 22.4. The number of para-hydroxylation sites is 2. The summed E-state index contributed by atoms with van der Waals surface area (Å²) in [6.45, 7) is 2.49. The molecule has 0 unspecified atom stereocenters. The van der Waals surface area contributed by atoms with Crippen LogP contribution in [0.2, 0.25) is 0 Å². The molecule has 2 rings (SSSR count). The molecule has 0 aliphatic heterocycles. The maximum Gasteiger partial charge on any atom is 0.414 e. The van der Waals surface area contributed by atoms with E-state index in [0.717, 1.165) is 11.5 Å². The Morgan fingerprint density at radius 3 is 2.00 bits per heavy atom. The Morgan fingerprint density at radius 1 is 0.828 bits per heavy atom. The molecule has 0 amide bonds. The van der Waals surface area contributed by atoms with Crippen molar-refractivity contribution in [3.63, 3.8) is 0 Å². The first kappa shape index (κ1) is 23.5. The molecular weight excluding hydrogens is 384 g/mol. The van der Waals surface area contributed by atoms with Crippen LogP contribution in [-0.2, 0) is 9.59 Å². The lowest BCUT2D eigenvalue weighted by Gasteiger charge is -2.11. The second kappa shape index (κ2) is 13.6. The fraction of sp³-hybridized carbons (Fsp3) is 0.316. The molecule has 158 valence electrons. The number of ether oxygens (including phenoxy) is 4. The van der Waals surface area contributed by atoms with Gasteiger partial charge in [-0.3, -0.25) is 0 Å². The summed E-state index contributed by atoms with van der Waals surface area (Å²) < 4.78 is 21.5. The minimum Gasteiger partial charge on any atom is -0.493 e. The number of carbonyl (C=O) groups is 2. The van der Waals surface area contributed by atoms with Gasteiger partial charge in [-0.1, -0.05) is 18.2 Å². The molecule has 0 saturated carbocycles. The highest BCUT2D eigenvalue weighted by atomic mass is 16.5. The summed E-state index contributed by atoms with van der Waals surface area (Å²) >= 11 is 0. The first-order valence-corrected chi connectivity index (χ1v) is 8.54. The minimum absolute atomic E-state index is 0.523. The minimum atomic E-state index is -1.82. The van der Waals surface area contributed by atoms with Crippen LogP contribution in [0.4, 0.5) is 0 Å². The summed E-state index contributed by atoms with van der Waals surface area (Å²) in [7, 11) is 3.21. The predicted molar refractivity (Wildman–Crippen MR) is 103 cm³/mol. The third kappa shape index (κ3) is 9.82. The van der Waals surface area contributed by atoms with Gasteiger partial charge in [-0.2, -0.15) is 4.98 Å². The number of rotatable bonds is 10. The van der Waals surface area contributed by atoms with Crippen molar-refractivity contribution < 1.29 is 38.7 Å². The Bertz CT molecular complexity index is 757. The summed E-state index contributed by atoms with van der Waals surface area (Å²) in [5, 5.41) is 18.0. The molecule has 10 nitrogen and oxygen atoms in total. The number of nitrogens with one attached hydrogen (secondary N) is 1. The van der Waals surface area contributed by atoms with Crippen molar-refractivity contribution in [3.8, 4) is 23.3 Å². The van der Waals surface area contributed by atoms with Crippen LogP contribution in [0.15, 0.2) is 42.5 Å². The average Bonchev–Trinajstić information content (AvgIpc) is 2.73. The van der Waals surface area contributed by atoms with Gasteiger partial charge in [-0.25, -0.2) is 9.59 Å². The standard InChI is InChI=1S/C17H22N2O4.C2H2O4/c1-20-14-6-3-4-7-15(14)22-12-10-18-11-13-23-17-9-5-8-16(19-17)21-2;3-1(4)2(5)6/h3-9,18H,10-13H2,1-2H3;(H,3,4)(H,5,6). The largest absolute Gasteiger partial charge is 0.493 e. The van der Waals surface area contributed by atoms with Crippen molar-refractivity contribution in [2.45, 2.75) is 0 Å². The van der Waals surface area contributed by atoms with E-state index >= 15 is 0 Å². The number of carboxylic acids is 2. The highest BCUT2D eigenvalue weighted by Crippen LogP contribution is 2.25. The van der Waals surface area contributed by atoms with Crippen LogP contribution in [0.3, 0.4) is 0 Å². The molecule has 0 aliphatic rings. The molecule has 1 heterocycles. The second-order valence-corrected chi connectivity index (χ2v) is 5.23. The maximum absolute atomic E-state index is 9.10. The van der Waals surface area contributed by atoms with Crippen LogP contribution >= 0.6 is 0 Å². The smallest absolute Gasteiger partial charge is 0.414 e. The predicted octanol–water partition coefficient (Wildman–Crippen LogP) is 1.30. The quantitative estimate of drug-likeness (QED) is 0.390. The van der Waals surface area contributed by atoms with Crippen LogP contribution in [0.5, 0.6) is 23.3 Å². The van der Waals surface area contributed by atoms with Crippen molar-refractivity contribution in [2.75, 3.05) is 40.5 Å². The number of carboxylic acid groups (broad SMARTS) is 2. The Labute approximate surface area is 168 Å². The Balaban J connectivity index is 0.000000612. The van der Waals surface area contributed by atoms with Gasteiger partial charge in [-0.05, 0) is 12.1 Å². The van der Waals surface area contributed by atoms with Gasteiger partial charge >= 0.3 is 11.9 Å². The molecule has 0 spiro atoms. The Hall–Kier alpha value is -3.53. The van der Waals surface area contributed by atoms with Crippen molar-refractivity contribution in [1.82, 2.24) is 10.3 Å². The molecule has 1 aromatic heterocycles. The van der Waals surface area contributed by atoms with Gasteiger partial charge in [0.05, 0.1) is 14.2 Å². The van der Waals surface area contributed by atoms with Gasteiger partial charge < -0.3 is 34.5 Å². The normalized spacial score (nSPS) is 9.59. The number of nitrogens with zero attached hydrogens (tertiary/aromatic N) is 1. The van der Waals surface area contributed by atoms with E-state index < -0.39 is 11.9 Å². The fourth-order valence-corrected chi connectivity index (χ4v) is 1.91. The number of aliphatic carboxylic acids is 2. The Kier molecular flexibility index (Phi) is 11.0. The van der Waals surface area contributed by atoms with E-state index in [2.05, 4.69) is 10.3 Å². The van der Waals surface area contributed by atoms with E-state index in [4.69, 9.17) is 38.7 Å². The van der Waals surface area contributed by atoms with Crippen LogP contribution in [0, 0.1) is 0 Å². The molecule has 0 aliphatic carbocycles. The van der Waals surface area contributed by atoms with Gasteiger partial charge in [0, 0.05) is 25.2 Å². The molecule has 0 fully saturated rings. The van der Waals surface area contributed by atoms with Crippen LogP contribution < -0.4 is 24.3 Å². The molecule has 2 aromatic rings. The zero-order valence-electron chi connectivity index (χ0n) is 16.2. The molecule has 0 radical (unpaired) electrons. The average molecular weight is 408 g/mol. The molecule has 10 heteroatoms. The van der Waals surface area contributed by atoms with Gasteiger partial charge in [-0.15, -0.1) is 0 Å². The summed E-state index contributed by atoms with van der Waals surface area (Å²) in [6, 6.07) is 13.0. The van der Waals surface area contributed by atoms with Crippen molar-refractivity contribution >= 4 is 11.9 Å². The molecule has 0 bridgehead atoms. The SMILES string of the molecule is COc1cccc(OCCNCCOc2ccccc2OC)n1.O=C(O)C(=O)O. The van der Waals surface area contributed by atoms with Crippen molar-refractivity contribution in [3.05, 3.63) is 42.5 Å². The number of methoxy groups -OCH3 is 2. The number of hydrogen-bond acceptors (Lipinski definition) is 8. The van der Waals surface area contributed by atoms with Crippen LogP contribution in [0.25, 0.3) is 0 Å². The number of pyridine rings is 1. The maximum atomic E-state index is 9.10. The highest BCUT2D eigenvalue weighted by Gasteiger charge is 2.04. The second-order valence-electron chi connectivity index (χ2n) is 5.23. The van der Waals surface area contributed by atoms with E-state index in [0.29, 0.717) is 38.1 Å². The zero-order valence-corrected chi connectivity index (χ0v) is 16.2. The third-order valence-corrected chi connectivity index (χ3v) is 3.22. The monoisotopic (exact) mass is 408 g/mol. The van der Waals surface area contributed by atoms with Gasteiger partial charge in [0.1, 0.15) is 13.2 Å². The topological polar surface area (TPSA) is 136 Å². The Morgan fingerprint density at radius 2 is 1.41 bits per heavy atom. The number of hydrogen-bond donors (Lipinski definition) is 3. The lowest BCUT2D eigenvalue weighted by atomic mass is 10.3. The van der Waals surface area contributed by atoms with Crippen molar-refractivity contribution in [2.24, 2.45) is 0 Å². The molecular formula is C19H24N2O8. The summed E-state index contributed by atoms with van der Waals surface area (Å²) in [5.74, 6) is -1.07. The van der Waals surface area contributed by atoms with Crippen molar-refractivity contribution in [1.29, 1.82) is 0 Å². The lowest BCUT2D eigenvalue weighted by Crippen LogP contribution is -2.26. The van der Waals surface area contributed by atoms with Crippen LogP contribution in [0.1, 0.15) is 0 Å². The van der Waals surface area contributed by atoms with E-state index in [-0.39, 0.29) is 0 Å². The first-order valence-electron chi connectivity index (χ1n) is 8.54. The van der Waals surface area contributed by atoms with Gasteiger partial charge in [0.25, 0.3) is 0 Å². The van der Waals surface area contributed by atoms with E-state index in [1.54, 1.807) is 26.4 Å². The molecule has 29 heavy (non-hydrogen) atoms. The molecule has 0 atom stereocenters. The van der Waals surface area contributed by atoms with Gasteiger partial charge in [0.2, 0.25) is 11.8 Å². The first-order chi connectivity index (χ1) is 14.0. The summed E-state index contributed by atoms with van der Waals surface area (Å²) in [5.41, 5.74) is 0. The third-order valence-electron chi connectivity index (χ3n) is 3.22. The molecule has 0 saturated heterocycles. The number of benzene rings is 1. The molecule has 3 N–H and O–H groups in total. The van der Waals surface area contributed by atoms with E-state index in [1.807, 2.05) is 30.3 Å². The van der Waals surface area contributed by atoms with Crippen LogP contribution in [-0.4, -0.2) is 67.7 Å². The summed E-state index contributed by atoms with van der Waals surface area (Å²) in [6.07, 6.45) is 0. The lowest BCUT2D eigenvalue weighted by molar-refractivity contribution is -0.159. The zero-order chi connectivity index (χ0) is 21.5. The number of aromatic nitrogens is 1. The molecule has 1 aromatic carbocycles. The fourth-order valence-electron chi connectivity index (χ4n) is 1.91. The van der Waals surface area contributed by atoms with E-state index in [1.165, 1.54) is 0 Å².